The predicted molar refractivity (Wildman–Crippen MR) is 68.0 cm³/mol. The molecule has 0 fully saturated rings. The van der Waals surface area contributed by atoms with E-state index in [1.807, 2.05) is 0 Å². The number of hydrogen-bond donors (Lipinski definition) is 2. The first kappa shape index (κ1) is 17.7. The minimum Gasteiger partial charge on any atom is -0.386 e. The van der Waals surface area contributed by atoms with Crippen LogP contribution in [0, 0.1) is 20.2 Å². The molecule has 0 saturated heterocycles. The van der Waals surface area contributed by atoms with Crippen molar-refractivity contribution in [3.63, 3.8) is 0 Å². The molecular weight excluding hydrogens is 256 g/mol. The van der Waals surface area contributed by atoms with E-state index in [0.717, 1.165) is 0 Å². The molecule has 112 valence electrons. The zero-order valence-corrected chi connectivity index (χ0v) is 11.7. The monoisotopic (exact) mass is 278 g/mol. The third-order valence-electron chi connectivity index (χ3n) is 3.53. The molecule has 0 aliphatic heterocycles. The van der Waals surface area contributed by atoms with Gasteiger partial charge in [0.2, 0.25) is 11.1 Å². The molecule has 8 nitrogen and oxygen atoms in total. The third-order valence-corrected chi connectivity index (χ3v) is 3.53. The molecule has 0 aromatic carbocycles. The smallest absolute Gasteiger partial charge is 0.242 e. The van der Waals surface area contributed by atoms with E-state index in [0.29, 0.717) is 0 Å². The maximum absolute atomic E-state index is 10.7. The minimum absolute atomic E-state index is 0.110. The molecule has 0 heterocycles. The van der Waals surface area contributed by atoms with Crippen molar-refractivity contribution in [2.24, 2.45) is 0 Å². The summed E-state index contributed by atoms with van der Waals surface area (Å²) in [6.07, 6.45) is -1.82. The van der Waals surface area contributed by atoms with Crippen LogP contribution in [-0.2, 0) is 0 Å². The number of nitro groups is 2. The van der Waals surface area contributed by atoms with Crippen molar-refractivity contribution in [3.8, 4) is 0 Å². The average Bonchev–Trinajstić information content (AvgIpc) is 2.27. The predicted octanol–water partition coefficient (Wildman–Crippen LogP) is 0.989. The van der Waals surface area contributed by atoms with E-state index in [-0.39, 0.29) is 19.3 Å². The first-order chi connectivity index (χ1) is 8.44. The third kappa shape index (κ3) is 4.39. The Labute approximate surface area is 111 Å². The van der Waals surface area contributed by atoms with E-state index < -0.39 is 33.1 Å². The van der Waals surface area contributed by atoms with Gasteiger partial charge in [0, 0.05) is 37.5 Å². The van der Waals surface area contributed by atoms with Gasteiger partial charge in [-0.15, -0.1) is 0 Å². The van der Waals surface area contributed by atoms with E-state index in [4.69, 9.17) is 0 Å². The molecule has 2 unspecified atom stereocenters. The minimum atomic E-state index is -1.47. The molecule has 0 amide bonds. The molecule has 0 spiro atoms. The Hall–Kier alpha value is -1.28. The van der Waals surface area contributed by atoms with Crippen LogP contribution in [0.25, 0.3) is 0 Å². The lowest BCUT2D eigenvalue weighted by Gasteiger charge is -2.24. The highest BCUT2D eigenvalue weighted by molar-refractivity contribution is 4.81. The van der Waals surface area contributed by atoms with Crippen LogP contribution in [0.15, 0.2) is 0 Å². The molecule has 0 aromatic heterocycles. The quantitative estimate of drug-likeness (QED) is 0.503. The fraction of sp³-hybridized carbons (Fsp3) is 1.00. The Kier molecular flexibility index (Phi) is 5.83. The van der Waals surface area contributed by atoms with Gasteiger partial charge in [-0.3, -0.25) is 20.2 Å². The lowest BCUT2D eigenvalue weighted by molar-refractivity contribution is -0.574. The molecule has 0 saturated carbocycles. The number of aliphatic hydroxyl groups is 2. The number of hydrogen-bond acceptors (Lipinski definition) is 6. The van der Waals surface area contributed by atoms with Crippen molar-refractivity contribution in [1.82, 2.24) is 0 Å². The fourth-order valence-corrected chi connectivity index (χ4v) is 1.45. The highest BCUT2D eigenvalue weighted by Gasteiger charge is 2.41. The summed E-state index contributed by atoms with van der Waals surface area (Å²) in [5.41, 5.74) is -2.94. The molecule has 0 radical (unpaired) electrons. The second-order valence-electron chi connectivity index (χ2n) is 5.78. The zero-order valence-electron chi connectivity index (χ0n) is 11.7. The first-order valence-electron chi connectivity index (χ1n) is 6.09. The number of nitrogens with zero attached hydrogens (tertiary/aromatic N) is 2. The van der Waals surface area contributed by atoms with E-state index in [1.165, 1.54) is 27.7 Å². The van der Waals surface area contributed by atoms with Gasteiger partial charge < -0.3 is 10.2 Å². The summed E-state index contributed by atoms with van der Waals surface area (Å²) in [5, 5.41) is 40.9. The molecule has 2 atom stereocenters. The number of rotatable bonds is 8. The van der Waals surface area contributed by atoms with Crippen LogP contribution in [-0.4, -0.2) is 43.3 Å². The molecule has 0 aromatic rings. The van der Waals surface area contributed by atoms with Crippen LogP contribution in [0.4, 0.5) is 0 Å². The summed E-state index contributed by atoms with van der Waals surface area (Å²) in [4.78, 5) is 20.3. The van der Waals surface area contributed by atoms with E-state index in [9.17, 15) is 30.4 Å². The molecular formula is C11H22N2O6. The summed E-state index contributed by atoms with van der Waals surface area (Å²) in [7, 11) is 0. The normalized spacial score (nSPS) is 15.9. The zero-order chi connectivity index (χ0) is 15.4. The van der Waals surface area contributed by atoms with Crippen molar-refractivity contribution < 1.29 is 20.1 Å². The lowest BCUT2D eigenvalue weighted by atomic mass is 9.90. The maximum Gasteiger partial charge on any atom is 0.242 e. The second kappa shape index (κ2) is 6.25. The Bertz CT molecular complexity index is 310. The Morgan fingerprint density at radius 1 is 0.895 bits per heavy atom. The fourth-order valence-electron chi connectivity index (χ4n) is 1.45. The SMILES string of the molecule is CC(C)(C(O)CCCC(O)C(C)(C)[N+](=O)[O-])[N+](=O)[O-]. The van der Waals surface area contributed by atoms with Crippen molar-refractivity contribution in [2.75, 3.05) is 0 Å². The van der Waals surface area contributed by atoms with Gasteiger partial charge >= 0.3 is 0 Å². The van der Waals surface area contributed by atoms with E-state index >= 15 is 0 Å². The molecule has 8 heteroatoms. The van der Waals surface area contributed by atoms with Crippen LogP contribution in [0.2, 0.25) is 0 Å². The Morgan fingerprint density at radius 3 is 1.37 bits per heavy atom. The van der Waals surface area contributed by atoms with Crippen molar-refractivity contribution in [1.29, 1.82) is 0 Å². The van der Waals surface area contributed by atoms with Gasteiger partial charge in [0.15, 0.2) is 0 Å². The van der Waals surface area contributed by atoms with E-state index in [2.05, 4.69) is 0 Å². The molecule has 19 heavy (non-hydrogen) atoms. The van der Waals surface area contributed by atoms with Crippen molar-refractivity contribution in [2.45, 2.75) is 70.2 Å². The summed E-state index contributed by atoms with van der Waals surface area (Å²) >= 11 is 0. The van der Waals surface area contributed by atoms with E-state index in [1.54, 1.807) is 0 Å². The van der Waals surface area contributed by atoms with Gasteiger partial charge in [-0.2, -0.15) is 0 Å². The standard InChI is InChI=1S/C11H22N2O6/c1-10(2,12(16)17)8(14)6-5-7-9(15)11(3,4)13(18)19/h8-9,14-15H,5-7H2,1-4H3. The molecule has 0 bridgehead atoms. The summed E-state index contributed by atoms with van der Waals surface area (Å²) in [5.74, 6) is 0. The van der Waals surface area contributed by atoms with Gasteiger partial charge in [0.05, 0.1) is 0 Å². The number of aliphatic hydroxyl groups excluding tert-OH is 2. The molecule has 0 aliphatic rings. The van der Waals surface area contributed by atoms with Crippen LogP contribution in [0.3, 0.4) is 0 Å². The Balaban J connectivity index is 4.32. The topological polar surface area (TPSA) is 127 Å². The highest BCUT2D eigenvalue weighted by atomic mass is 16.6. The summed E-state index contributed by atoms with van der Waals surface area (Å²) in [6.45, 7) is 5.26. The molecule has 0 aliphatic carbocycles. The largest absolute Gasteiger partial charge is 0.386 e. The van der Waals surface area contributed by atoms with Crippen LogP contribution in [0.5, 0.6) is 0 Å². The second-order valence-corrected chi connectivity index (χ2v) is 5.78. The maximum atomic E-state index is 10.7. The van der Waals surface area contributed by atoms with Crippen LogP contribution >= 0.6 is 0 Å². The van der Waals surface area contributed by atoms with Crippen LogP contribution < -0.4 is 0 Å². The van der Waals surface area contributed by atoms with Gasteiger partial charge in [-0.05, 0) is 19.3 Å². The van der Waals surface area contributed by atoms with Crippen molar-refractivity contribution >= 4 is 0 Å². The van der Waals surface area contributed by atoms with Crippen molar-refractivity contribution in [3.05, 3.63) is 20.2 Å². The summed E-state index contributed by atoms with van der Waals surface area (Å²) < 4.78 is 0. The summed E-state index contributed by atoms with van der Waals surface area (Å²) in [6, 6.07) is 0. The highest BCUT2D eigenvalue weighted by Crippen LogP contribution is 2.22. The Morgan fingerprint density at radius 2 is 1.16 bits per heavy atom. The average molecular weight is 278 g/mol. The first-order valence-corrected chi connectivity index (χ1v) is 6.09. The van der Waals surface area contributed by atoms with Gasteiger partial charge in [0.25, 0.3) is 0 Å². The lowest BCUT2D eigenvalue weighted by Crippen LogP contribution is -2.45. The molecule has 0 rings (SSSR count). The van der Waals surface area contributed by atoms with Gasteiger partial charge in [-0.25, -0.2) is 0 Å². The molecule has 2 N–H and O–H groups in total. The van der Waals surface area contributed by atoms with Gasteiger partial charge in [-0.1, -0.05) is 0 Å². The van der Waals surface area contributed by atoms with Crippen LogP contribution in [0.1, 0.15) is 47.0 Å². The van der Waals surface area contributed by atoms with Gasteiger partial charge in [0.1, 0.15) is 12.2 Å².